The molecule has 197 valence electrons. The molecule has 0 amide bonds. The summed E-state index contributed by atoms with van der Waals surface area (Å²) in [6.45, 7) is 7.11. The van der Waals surface area contributed by atoms with Crippen molar-refractivity contribution < 1.29 is 24.5 Å². The van der Waals surface area contributed by atoms with Gasteiger partial charge in [-0.15, -0.1) is 54.1 Å². The van der Waals surface area contributed by atoms with E-state index in [4.69, 9.17) is 4.42 Å². The van der Waals surface area contributed by atoms with Gasteiger partial charge in [-0.25, -0.2) is 0 Å². The number of hydrogen-bond acceptors (Lipinski definition) is 3. The number of pyridine rings is 2. The minimum Gasteiger partial charge on any atom is -0.501 e. The Bertz CT molecular complexity index is 1690. The minimum absolute atomic E-state index is 0. The van der Waals surface area contributed by atoms with Gasteiger partial charge in [-0.2, -0.15) is 0 Å². The van der Waals surface area contributed by atoms with Crippen LogP contribution < -0.4 is 5.19 Å². The van der Waals surface area contributed by atoms with Gasteiger partial charge in [-0.3, -0.25) is 0 Å². The van der Waals surface area contributed by atoms with Crippen molar-refractivity contribution in [2.45, 2.75) is 38.4 Å². The van der Waals surface area contributed by atoms with Crippen LogP contribution in [-0.4, -0.2) is 18.0 Å². The summed E-state index contributed by atoms with van der Waals surface area (Å²) in [6.07, 6.45) is 6.48. The molecule has 6 aromatic rings. The van der Waals surface area contributed by atoms with Gasteiger partial charge in [-0.05, 0) is 47.8 Å². The quantitative estimate of drug-likeness (QED) is 0.137. The van der Waals surface area contributed by atoms with Crippen LogP contribution in [0.4, 0.5) is 0 Å². The van der Waals surface area contributed by atoms with E-state index in [1.54, 1.807) is 6.20 Å². The van der Waals surface area contributed by atoms with Crippen LogP contribution in [0, 0.1) is 12.1 Å². The number of benzene rings is 3. The predicted molar refractivity (Wildman–Crippen MR) is 159 cm³/mol. The summed E-state index contributed by atoms with van der Waals surface area (Å²) in [6, 6.07) is 35.1. The van der Waals surface area contributed by atoms with Gasteiger partial charge in [0.15, 0.2) is 0 Å². The minimum atomic E-state index is -1.46. The van der Waals surface area contributed by atoms with Gasteiger partial charge < -0.3 is 14.4 Å². The average Bonchev–Trinajstić information content (AvgIpc) is 3.73. The Morgan fingerprint density at radius 2 is 1.64 bits per heavy atom. The van der Waals surface area contributed by atoms with Gasteiger partial charge in [0, 0.05) is 37.9 Å². The molecule has 0 unspecified atom stereocenters. The number of fused-ring (bicyclic) bond motifs is 3. The second kappa shape index (κ2) is 11.4. The normalized spacial score (nSPS) is 13.0. The van der Waals surface area contributed by atoms with Crippen LogP contribution in [-0.2, 0) is 20.1 Å². The predicted octanol–water partition coefficient (Wildman–Crippen LogP) is 8.42. The van der Waals surface area contributed by atoms with E-state index in [-0.39, 0.29) is 20.1 Å². The molecule has 0 spiro atoms. The van der Waals surface area contributed by atoms with Crippen molar-refractivity contribution in [1.82, 2.24) is 9.97 Å². The zero-order valence-electron chi connectivity index (χ0n) is 22.4. The molecule has 3 heterocycles. The van der Waals surface area contributed by atoms with Gasteiger partial charge in [0.05, 0.1) is 13.7 Å². The Balaban J connectivity index is 0.000000167. The van der Waals surface area contributed by atoms with Crippen LogP contribution in [0.2, 0.25) is 19.6 Å². The Kier molecular flexibility index (Phi) is 7.95. The van der Waals surface area contributed by atoms with Crippen LogP contribution in [0.5, 0.6) is 0 Å². The van der Waals surface area contributed by atoms with Crippen LogP contribution in [0.3, 0.4) is 0 Å². The second-order valence-corrected chi connectivity index (χ2v) is 15.9. The van der Waals surface area contributed by atoms with Gasteiger partial charge in [0.2, 0.25) is 0 Å². The Morgan fingerprint density at radius 3 is 2.31 bits per heavy atom. The molecule has 3 nitrogen and oxygen atoms in total. The number of furan rings is 1. The molecule has 1 radical (unpaired) electrons. The van der Waals surface area contributed by atoms with E-state index in [2.05, 4.69) is 78.1 Å². The molecule has 7 rings (SSSR count). The number of hydrogen-bond donors (Lipinski definition) is 0. The molecule has 1 fully saturated rings. The molecule has 0 aliphatic heterocycles. The Morgan fingerprint density at radius 1 is 0.795 bits per heavy atom. The topological polar surface area (TPSA) is 38.9 Å². The molecule has 1 aliphatic rings. The number of rotatable bonds is 4. The van der Waals surface area contributed by atoms with Gasteiger partial charge in [0.25, 0.3) is 0 Å². The third-order valence-electron chi connectivity index (χ3n) is 7.01. The van der Waals surface area contributed by atoms with Crippen LogP contribution >= 0.6 is 0 Å². The largest absolute Gasteiger partial charge is 0.501 e. The zero-order valence-corrected chi connectivity index (χ0v) is 25.8. The van der Waals surface area contributed by atoms with Crippen molar-refractivity contribution in [3.05, 3.63) is 115 Å². The summed E-state index contributed by atoms with van der Waals surface area (Å²) in [5.74, 6) is 0.784. The second-order valence-electron chi connectivity index (χ2n) is 10.9. The maximum atomic E-state index is 6.22. The maximum absolute atomic E-state index is 6.22. The summed E-state index contributed by atoms with van der Waals surface area (Å²) in [7, 11) is -1.46. The van der Waals surface area contributed by atoms with E-state index < -0.39 is 8.07 Å². The summed E-state index contributed by atoms with van der Waals surface area (Å²) < 4.78 is 6.22. The fourth-order valence-corrected chi connectivity index (χ4v) is 6.50. The summed E-state index contributed by atoms with van der Waals surface area (Å²) in [5.41, 5.74) is 7.13. The van der Waals surface area contributed by atoms with Crippen LogP contribution in [0.15, 0.2) is 102 Å². The first-order valence-corrected chi connectivity index (χ1v) is 16.7. The average molecular weight is 703 g/mol. The SMILES string of the molecule is C[Si](C)(C)c1cccc2oc3c(-c4ccccn4)[c-]ccc3c12.[Ir].[c-]1ccccc1-c1ccc(C2CC2)cn1. The monoisotopic (exact) mass is 703 g/mol. The van der Waals surface area contributed by atoms with Gasteiger partial charge >= 0.3 is 0 Å². The van der Waals surface area contributed by atoms with Crippen LogP contribution in [0.25, 0.3) is 44.5 Å². The number of nitrogens with zero attached hydrogens (tertiary/aromatic N) is 2. The Hall–Kier alpha value is -3.37. The first-order chi connectivity index (χ1) is 18.5. The molecule has 3 aromatic carbocycles. The maximum Gasteiger partial charge on any atom is 0.120 e. The Labute approximate surface area is 244 Å². The molecule has 0 atom stereocenters. The molecule has 0 saturated heterocycles. The van der Waals surface area contributed by atoms with Crippen molar-refractivity contribution in [3.8, 4) is 22.5 Å². The van der Waals surface area contributed by atoms with Gasteiger partial charge in [0.1, 0.15) is 5.58 Å². The molecular formula is C34H30IrN2OSi-2. The van der Waals surface area contributed by atoms with Crippen molar-refractivity contribution in [3.63, 3.8) is 0 Å². The first-order valence-electron chi connectivity index (χ1n) is 13.2. The molecule has 5 heteroatoms. The van der Waals surface area contributed by atoms with E-state index in [0.29, 0.717) is 0 Å². The molecule has 3 aromatic heterocycles. The standard InChI is InChI=1S/C20H18NOSi.C14H12N.Ir/c1-23(2,3)18-12-7-11-17-19(18)15-9-6-8-14(20(15)22-17)16-10-4-5-13-21-16;1-2-4-12(5-3-1)14-9-8-13(10-15-14)11-6-7-11;/h4-7,9-13H,1-3H3;1-4,8-11H,6-7H2;/q2*-1;. The van der Waals surface area contributed by atoms with Crippen molar-refractivity contribution in [2.24, 2.45) is 0 Å². The fourth-order valence-electron chi connectivity index (χ4n) is 4.89. The molecule has 1 saturated carbocycles. The van der Waals surface area contributed by atoms with E-state index in [9.17, 15) is 0 Å². The van der Waals surface area contributed by atoms with E-state index in [1.807, 2.05) is 54.7 Å². The molecule has 1 aliphatic carbocycles. The van der Waals surface area contributed by atoms with Crippen molar-refractivity contribution >= 4 is 35.2 Å². The zero-order chi connectivity index (χ0) is 26.1. The number of aromatic nitrogens is 2. The molecule has 39 heavy (non-hydrogen) atoms. The third-order valence-corrected chi connectivity index (χ3v) is 9.04. The van der Waals surface area contributed by atoms with E-state index in [1.165, 1.54) is 29.0 Å². The smallest absolute Gasteiger partial charge is 0.120 e. The van der Waals surface area contributed by atoms with E-state index in [0.717, 1.165) is 45.0 Å². The van der Waals surface area contributed by atoms with Crippen molar-refractivity contribution in [1.29, 1.82) is 0 Å². The fraction of sp³-hybridized carbons (Fsp3) is 0.176. The first kappa shape index (κ1) is 27.2. The van der Waals surface area contributed by atoms with Gasteiger partial charge in [-0.1, -0.05) is 72.2 Å². The summed E-state index contributed by atoms with van der Waals surface area (Å²) >= 11 is 0. The summed E-state index contributed by atoms with van der Waals surface area (Å²) in [4.78, 5) is 8.94. The van der Waals surface area contributed by atoms with Crippen molar-refractivity contribution in [2.75, 3.05) is 0 Å². The third kappa shape index (κ3) is 5.81. The van der Waals surface area contributed by atoms with Crippen LogP contribution in [0.1, 0.15) is 24.3 Å². The van der Waals surface area contributed by atoms with E-state index >= 15 is 0 Å². The summed E-state index contributed by atoms with van der Waals surface area (Å²) in [5, 5.41) is 3.86. The molecule has 0 bridgehead atoms. The molecular weight excluding hydrogens is 673 g/mol. The molecule has 0 N–H and O–H groups in total.